The lowest BCUT2D eigenvalue weighted by Gasteiger charge is -2.32. The van der Waals surface area contributed by atoms with Gasteiger partial charge in [0.2, 0.25) is 5.95 Å². The van der Waals surface area contributed by atoms with Crippen LogP contribution in [0.25, 0.3) is 0 Å². The van der Waals surface area contributed by atoms with Crippen LogP contribution < -0.4 is 20.4 Å². The second-order valence-electron chi connectivity index (χ2n) is 9.16. The summed E-state index contributed by atoms with van der Waals surface area (Å²) in [6, 6.07) is 17.0. The topological polar surface area (TPSA) is 56.3 Å². The highest BCUT2D eigenvalue weighted by molar-refractivity contribution is 7.80. The minimum atomic E-state index is -0.252. The van der Waals surface area contributed by atoms with Gasteiger partial charge in [-0.15, -0.1) is 0 Å². The maximum absolute atomic E-state index is 13.2. The number of aromatic nitrogens is 2. The summed E-state index contributed by atoms with van der Waals surface area (Å²) in [7, 11) is 0. The first-order valence-electron chi connectivity index (χ1n) is 11.8. The van der Waals surface area contributed by atoms with Crippen molar-refractivity contribution in [2.24, 2.45) is 5.92 Å². The van der Waals surface area contributed by atoms with Crippen LogP contribution in [-0.2, 0) is 19.6 Å². The van der Waals surface area contributed by atoms with Gasteiger partial charge < -0.3 is 20.4 Å². The molecular formula is C26H29FN6S. The molecule has 2 aromatic carbocycles. The van der Waals surface area contributed by atoms with Gasteiger partial charge in [0.05, 0.1) is 0 Å². The number of fused-ring (bicyclic) bond motifs is 1. The van der Waals surface area contributed by atoms with Crippen molar-refractivity contribution in [1.82, 2.24) is 15.3 Å². The summed E-state index contributed by atoms with van der Waals surface area (Å²) < 4.78 is 13.2. The molecule has 5 rings (SSSR count). The fourth-order valence-corrected chi connectivity index (χ4v) is 4.79. The Morgan fingerprint density at radius 1 is 1.03 bits per heavy atom. The van der Waals surface area contributed by atoms with E-state index in [9.17, 15) is 4.39 Å². The molecule has 1 atom stereocenters. The van der Waals surface area contributed by atoms with Crippen molar-refractivity contribution in [3.05, 3.63) is 77.1 Å². The normalized spacial score (nSPS) is 17.4. The average Bonchev–Trinajstić information content (AvgIpc) is 3.28. The van der Waals surface area contributed by atoms with E-state index in [2.05, 4.69) is 57.7 Å². The van der Waals surface area contributed by atoms with E-state index in [0.717, 1.165) is 49.8 Å². The highest BCUT2D eigenvalue weighted by Crippen LogP contribution is 2.31. The van der Waals surface area contributed by atoms with Gasteiger partial charge in [0, 0.05) is 38.8 Å². The van der Waals surface area contributed by atoms with Gasteiger partial charge >= 0.3 is 0 Å². The number of anilines is 3. The zero-order valence-electron chi connectivity index (χ0n) is 19.3. The summed E-state index contributed by atoms with van der Waals surface area (Å²) in [5, 5.41) is 6.77. The molecule has 176 valence electrons. The van der Waals surface area contributed by atoms with Crippen LogP contribution in [0.2, 0.25) is 0 Å². The summed E-state index contributed by atoms with van der Waals surface area (Å²) in [6.07, 6.45) is 2.41. The van der Waals surface area contributed by atoms with Crippen LogP contribution in [0.4, 0.5) is 22.0 Å². The highest BCUT2D eigenvalue weighted by Gasteiger charge is 2.24. The number of hydrogen-bond acceptors (Lipinski definition) is 5. The monoisotopic (exact) mass is 476 g/mol. The van der Waals surface area contributed by atoms with Crippen LogP contribution in [-0.4, -0.2) is 28.2 Å². The second kappa shape index (κ2) is 9.93. The van der Waals surface area contributed by atoms with E-state index in [1.807, 2.05) is 0 Å². The number of nitrogens with zero attached hydrogens (tertiary/aromatic N) is 4. The smallest absolute Gasteiger partial charge is 0.232 e. The predicted octanol–water partition coefficient (Wildman–Crippen LogP) is 4.86. The summed E-state index contributed by atoms with van der Waals surface area (Å²) in [6.45, 7) is 6.42. The molecule has 1 aromatic heterocycles. The molecule has 3 aromatic rings. The van der Waals surface area contributed by atoms with Crippen LogP contribution in [0.1, 0.15) is 36.5 Å². The second-order valence-corrected chi connectivity index (χ2v) is 9.57. The van der Waals surface area contributed by atoms with E-state index in [0.29, 0.717) is 23.5 Å². The van der Waals surface area contributed by atoms with Crippen molar-refractivity contribution in [2.75, 3.05) is 28.2 Å². The van der Waals surface area contributed by atoms with E-state index in [-0.39, 0.29) is 5.82 Å². The number of benzene rings is 2. The molecule has 0 amide bonds. The molecule has 3 heterocycles. The minimum absolute atomic E-state index is 0.252. The molecule has 0 bridgehead atoms. The van der Waals surface area contributed by atoms with Crippen molar-refractivity contribution in [1.29, 1.82) is 0 Å². The highest BCUT2D eigenvalue weighted by atomic mass is 32.1. The predicted molar refractivity (Wildman–Crippen MR) is 138 cm³/mol. The number of halogens is 1. The molecule has 2 N–H and O–H groups in total. The van der Waals surface area contributed by atoms with Gasteiger partial charge in [-0.05, 0) is 59.8 Å². The average molecular weight is 477 g/mol. The Kier molecular flexibility index (Phi) is 6.58. The Labute approximate surface area is 205 Å². The first-order valence-corrected chi connectivity index (χ1v) is 12.2. The summed E-state index contributed by atoms with van der Waals surface area (Å²) in [5.74, 6) is 2.69. The molecule has 34 heavy (non-hydrogen) atoms. The Bertz CT molecular complexity index is 1140. The molecule has 0 saturated carbocycles. The van der Waals surface area contributed by atoms with E-state index in [1.54, 1.807) is 12.1 Å². The standard InChI is InChI=1S/C26H29FN6S/c1-18-5-4-12-32(15-18)23-13-24(33-16-20-6-2-3-7-21(20)17-33)30-25(29-23)31-26(34)28-14-19-8-10-22(27)11-9-19/h2-3,6-11,13,18H,4-5,12,14-17H2,1H3,(H2,28,29,30,31,34)/t18-/m0/s1. The third kappa shape index (κ3) is 5.28. The summed E-state index contributed by atoms with van der Waals surface area (Å²) in [4.78, 5) is 14.3. The Morgan fingerprint density at radius 3 is 2.38 bits per heavy atom. The van der Waals surface area contributed by atoms with Gasteiger partial charge in [0.25, 0.3) is 0 Å². The first-order chi connectivity index (χ1) is 16.5. The molecule has 8 heteroatoms. The van der Waals surface area contributed by atoms with Crippen LogP contribution in [0.15, 0.2) is 54.6 Å². The lowest BCUT2D eigenvalue weighted by Crippen LogP contribution is -2.35. The molecule has 2 aliphatic rings. The molecule has 1 saturated heterocycles. The van der Waals surface area contributed by atoms with Gasteiger partial charge in [-0.3, -0.25) is 0 Å². The third-order valence-electron chi connectivity index (χ3n) is 6.44. The van der Waals surface area contributed by atoms with Crippen molar-refractivity contribution in [3.8, 4) is 0 Å². The van der Waals surface area contributed by atoms with Crippen molar-refractivity contribution >= 4 is 34.9 Å². The van der Waals surface area contributed by atoms with Crippen LogP contribution in [0, 0.1) is 11.7 Å². The maximum atomic E-state index is 13.2. The molecule has 0 unspecified atom stereocenters. The van der Waals surface area contributed by atoms with Crippen molar-refractivity contribution in [2.45, 2.75) is 39.4 Å². The van der Waals surface area contributed by atoms with Gasteiger partial charge in [0.1, 0.15) is 17.5 Å². The van der Waals surface area contributed by atoms with Gasteiger partial charge in [-0.1, -0.05) is 43.3 Å². The molecule has 6 nitrogen and oxygen atoms in total. The van der Waals surface area contributed by atoms with E-state index < -0.39 is 0 Å². The van der Waals surface area contributed by atoms with Crippen molar-refractivity contribution in [3.63, 3.8) is 0 Å². The quantitative estimate of drug-likeness (QED) is 0.510. The number of rotatable bonds is 5. The molecule has 0 aliphatic carbocycles. The van der Waals surface area contributed by atoms with Gasteiger partial charge in [-0.2, -0.15) is 9.97 Å². The largest absolute Gasteiger partial charge is 0.358 e. The maximum Gasteiger partial charge on any atom is 0.232 e. The van der Waals surface area contributed by atoms with Gasteiger partial charge in [-0.25, -0.2) is 4.39 Å². The summed E-state index contributed by atoms with van der Waals surface area (Å²) in [5.41, 5.74) is 3.61. The number of thiocarbonyl (C=S) groups is 1. The van der Waals surface area contributed by atoms with E-state index in [1.165, 1.54) is 29.7 Å². The Hall–Kier alpha value is -3.26. The van der Waals surface area contributed by atoms with Crippen LogP contribution in [0.5, 0.6) is 0 Å². The fourth-order valence-electron chi connectivity index (χ4n) is 4.62. The molecule has 0 spiro atoms. The van der Waals surface area contributed by atoms with Crippen molar-refractivity contribution < 1.29 is 4.39 Å². The lowest BCUT2D eigenvalue weighted by atomic mass is 10.0. The molecule has 1 fully saturated rings. The Balaban J connectivity index is 1.35. The van der Waals surface area contributed by atoms with E-state index in [4.69, 9.17) is 22.2 Å². The lowest BCUT2D eigenvalue weighted by molar-refractivity contribution is 0.444. The van der Waals surface area contributed by atoms with Crippen LogP contribution in [0.3, 0.4) is 0 Å². The first kappa shape index (κ1) is 22.5. The zero-order chi connectivity index (χ0) is 23.5. The minimum Gasteiger partial charge on any atom is -0.358 e. The third-order valence-corrected chi connectivity index (χ3v) is 6.68. The van der Waals surface area contributed by atoms with E-state index >= 15 is 0 Å². The Morgan fingerprint density at radius 2 is 1.71 bits per heavy atom. The number of nitrogens with one attached hydrogen (secondary N) is 2. The molecule has 2 aliphatic heterocycles. The van der Waals surface area contributed by atoms with Crippen LogP contribution >= 0.6 is 12.2 Å². The summed E-state index contributed by atoms with van der Waals surface area (Å²) >= 11 is 5.51. The SMILES string of the molecule is C[C@H]1CCCN(c2cc(N3Cc4ccccc4C3)nc(NC(=S)NCc3ccc(F)cc3)n2)C1. The fraction of sp³-hybridized carbons (Fsp3) is 0.346. The number of hydrogen-bond donors (Lipinski definition) is 2. The zero-order valence-corrected chi connectivity index (χ0v) is 20.1. The number of piperidine rings is 1. The molecule has 0 radical (unpaired) electrons. The molecular weight excluding hydrogens is 447 g/mol. The van der Waals surface area contributed by atoms with Gasteiger partial charge in [0.15, 0.2) is 5.11 Å².